The van der Waals surface area contributed by atoms with E-state index in [9.17, 15) is 5.11 Å². The van der Waals surface area contributed by atoms with Crippen molar-refractivity contribution in [2.24, 2.45) is 0 Å². The first-order chi connectivity index (χ1) is 13.0. The van der Waals surface area contributed by atoms with Crippen molar-refractivity contribution in [2.45, 2.75) is 50.9 Å². The maximum atomic E-state index is 9.59. The van der Waals surface area contributed by atoms with Crippen LogP contribution in [0.15, 0.2) is 42.6 Å². The number of ether oxygens (including phenoxy) is 3. The first-order valence-electron chi connectivity index (χ1n) is 9.45. The van der Waals surface area contributed by atoms with Crippen LogP contribution in [0.3, 0.4) is 0 Å². The highest BCUT2D eigenvalue weighted by atomic mass is 16.7. The Morgan fingerprint density at radius 2 is 2.00 bits per heavy atom. The van der Waals surface area contributed by atoms with Crippen molar-refractivity contribution in [3.8, 4) is 11.6 Å². The number of anilines is 1. The molecule has 0 radical (unpaired) electrons. The van der Waals surface area contributed by atoms with Gasteiger partial charge in [-0.05, 0) is 30.0 Å². The van der Waals surface area contributed by atoms with Gasteiger partial charge >= 0.3 is 0 Å². The molecular formula is C21H28N2O4. The number of aromatic nitrogens is 1. The summed E-state index contributed by atoms with van der Waals surface area (Å²) in [5.74, 6) is 0.171. The molecule has 0 aliphatic carbocycles. The van der Waals surface area contributed by atoms with E-state index >= 15 is 0 Å². The van der Waals surface area contributed by atoms with Gasteiger partial charge in [-0.3, -0.25) is 0 Å². The zero-order chi connectivity index (χ0) is 19.3. The van der Waals surface area contributed by atoms with Gasteiger partial charge in [-0.1, -0.05) is 26.0 Å². The topological polar surface area (TPSA) is 86.8 Å². The monoisotopic (exact) mass is 372 g/mol. The number of rotatable bonds is 8. The average Bonchev–Trinajstić information content (AvgIpc) is 3.10. The molecular weight excluding hydrogens is 344 g/mol. The summed E-state index contributed by atoms with van der Waals surface area (Å²) in [6, 6.07) is 10.7. The fourth-order valence-electron chi connectivity index (χ4n) is 3.61. The average molecular weight is 372 g/mol. The Bertz CT molecular complexity index is 732. The van der Waals surface area contributed by atoms with Gasteiger partial charge in [0.15, 0.2) is 5.79 Å². The number of nitrogens with two attached hydrogens (primary N) is 1. The standard InChI is InChI=1S/C21H28N2O4/c1-3-17(27-20-6-4-5-9-23-20)14-21(25-10-11-26-21)13-15(2)18-8-7-16(24)12-19(18)22/h4-9,12,15,17,24H,3,10-11,13-14,22H2,1-2H3. The lowest BCUT2D eigenvalue weighted by molar-refractivity contribution is -0.182. The zero-order valence-electron chi connectivity index (χ0n) is 15.9. The first-order valence-corrected chi connectivity index (χ1v) is 9.45. The normalized spacial score (nSPS) is 18.1. The molecule has 1 aliphatic rings. The third-order valence-corrected chi connectivity index (χ3v) is 4.95. The first kappa shape index (κ1) is 19.5. The highest BCUT2D eigenvalue weighted by Gasteiger charge is 2.41. The van der Waals surface area contributed by atoms with Crippen molar-refractivity contribution < 1.29 is 19.3 Å². The highest BCUT2D eigenvalue weighted by Crippen LogP contribution is 2.38. The predicted octanol–water partition coefficient (Wildman–Crippen LogP) is 3.85. The fraction of sp³-hybridized carbons (Fsp3) is 0.476. The molecule has 1 saturated heterocycles. The summed E-state index contributed by atoms with van der Waals surface area (Å²) in [7, 11) is 0. The number of hydrogen-bond acceptors (Lipinski definition) is 6. The van der Waals surface area contributed by atoms with Crippen LogP contribution in [0, 0.1) is 0 Å². The number of nitrogens with zero attached hydrogens (tertiary/aromatic N) is 1. The predicted molar refractivity (Wildman–Crippen MR) is 104 cm³/mol. The lowest BCUT2D eigenvalue weighted by atomic mass is 9.89. The number of pyridine rings is 1. The maximum absolute atomic E-state index is 9.59. The summed E-state index contributed by atoms with van der Waals surface area (Å²) in [5.41, 5.74) is 7.65. The molecule has 146 valence electrons. The molecule has 3 N–H and O–H groups in total. The van der Waals surface area contributed by atoms with Crippen LogP contribution in [0.2, 0.25) is 0 Å². The quantitative estimate of drug-likeness (QED) is 0.685. The molecule has 6 heteroatoms. The minimum Gasteiger partial charge on any atom is -0.508 e. The molecule has 1 aliphatic heterocycles. The Balaban J connectivity index is 1.72. The Hall–Kier alpha value is -2.31. The van der Waals surface area contributed by atoms with Crippen molar-refractivity contribution in [1.82, 2.24) is 4.98 Å². The van der Waals surface area contributed by atoms with E-state index in [1.165, 1.54) is 0 Å². The van der Waals surface area contributed by atoms with E-state index in [4.69, 9.17) is 19.9 Å². The van der Waals surface area contributed by atoms with Crippen LogP contribution in [-0.4, -0.2) is 35.2 Å². The van der Waals surface area contributed by atoms with E-state index in [-0.39, 0.29) is 17.8 Å². The van der Waals surface area contributed by atoms with Gasteiger partial charge in [0.05, 0.1) is 13.2 Å². The fourth-order valence-corrected chi connectivity index (χ4v) is 3.61. The largest absolute Gasteiger partial charge is 0.508 e. The molecule has 2 aromatic rings. The van der Waals surface area contributed by atoms with Gasteiger partial charge in [-0.2, -0.15) is 0 Å². The zero-order valence-corrected chi connectivity index (χ0v) is 15.9. The van der Waals surface area contributed by atoms with Gasteiger partial charge in [0.1, 0.15) is 11.9 Å². The van der Waals surface area contributed by atoms with Crippen LogP contribution >= 0.6 is 0 Å². The Labute approximate surface area is 160 Å². The third kappa shape index (κ3) is 4.90. The van der Waals surface area contributed by atoms with E-state index in [2.05, 4.69) is 18.8 Å². The summed E-state index contributed by atoms with van der Waals surface area (Å²) in [4.78, 5) is 4.25. The number of phenols is 1. The molecule has 3 rings (SSSR count). The van der Waals surface area contributed by atoms with Gasteiger partial charge in [0.25, 0.3) is 0 Å². The molecule has 2 atom stereocenters. The number of nitrogen functional groups attached to an aromatic ring is 1. The molecule has 6 nitrogen and oxygen atoms in total. The number of benzene rings is 1. The highest BCUT2D eigenvalue weighted by molar-refractivity contribution is 5.52. The second-order valence-corrected chi connectivity index (χ2v) is 7.05. The maximum Gasteiger partial charge on any atom is 0.213 e. The Kier molecular flexibility index (Phi) is 6.19. The third-order valence-electron chi connectivity index (χ3n) is 4.95. The summed E-state index contributed by atoms with van der Waals surface area (Å²) in [6.07, 6.45) is 3.74. The lowest BCUT2D eigenvalue weighted by Crippen LogP contribution is -2.38. The van der Waals surface area contributed by atoms with E-state index in [1.54, 1.807) is 18.3 Å². The number of hydrogen-bond donors (Lipinski definition) is 2. The van der Waals surface area contributed by atoms with Crippen LogP contribution in [0.5, 0.6) is 11.6 Å². The molecule has 0 amide bonds. The van der Waals surface area contributed by atoms with E-state index in [0.29, 0.717) is 37.6 Å². The van der Waals surface area contributed by atoms with Crippen molar-refractivity contribution in [3.63, 3.8) is 0 Å². The Morgan fingerprint density at radius 3 is 2.63 bits per heavy atom. The van der Waals surface area contributed by atoms with E-state index in [0.717, 1.165) is 12.0 Å². The molecule has 0 spiro atoms. The van der Waals surface area contributed by atoms with E-state index < -0.39 is 5.79 Å². The summed E-state index contributed by atoms with van der Waals surface area (Å²) >= 11 is 0. The minimum atomic E-state index is -0.709. The van der Waals surface area contributed by atoms with Crippen molar-refractivity contribution >= 4 is 5.69 Å². The smallest absolute Gasteiger partial charge is 0.213 e. The SMILES string of the molecule is CCC(CC1(CC(C)c2ccc(O)cc2N)OCCO1)Oc1ccccn1. The second-order valence-electron chi connectivity index (χ2n) is 7.05. The molecule has 27 heavy (non-hydrogen) atoms. The van der Waals surface area contributed by atoms with Gasteiger partial charge in [-0.25, -0.2) is 4.98 Å². The molecule has 0 saturated carbocycles. The van der Waals surface area contributed by atoms with Crippen LogP contribution in [0.1, 0.15) is 44.6 Å². The van der Waals surface area contributed by atoms with Crippen molar-refractivity contribution in [1.29, 1.82) is 0 Å². The molecule has 0 bridgehead atoms. The van der Waals surface area contributed by atoms with Crippen LogP contribution < -0.4 is 10.5 Å². The second kappa shape index (κ2) is 8.59. The molecule has 1 aromatic heterocycles. The molecule has 1 aromatic carbocycles. The number of phenolic OH excluding ortho intramolecular Hbond substituents is 1. The minimum absolute atomic E-state index is 0.0673. The van der Waals surface area contributed by atoms with Crippen molar-refractivity contribution in [2.75, 3.05) is 18.9 Å². The van der Waals surface area contributed by atoms with Crippen LogP contribution in [0.25, 0.3) is 0 Å². The van der Waals surface area contributed by atoms with Crippen LogP contribution in [-0.2, 0) is 9.47 Å². The van der Waals surface area contributed by atoms with Gasteiger partial charge in [0.2, 0.25) is 5.88 Å². The Morgan fingerprint density at radius 1 is 1.22 bits per heavy atom. The molecule has 1 fully saturated rings. The molecule has 2 unspecified atom stereocenters. The lowest BCUT2D eigenvalue weighted by Gasteiger charge is -2.33. The van der Waals surface area contributed by atoms with Crippen LogP contribution in [0.4, 0.5) is 5.69 Å². The van der Waals surface area contributed by atoms with Gasteiger partial charge in [0, 0.05) is 36.9 Å². The summed E-state index contributed by atoms with van der Waals surface area (Å²) in [6.45, 7) is 5.31. The number of aromatic hydroxyl groups is 1. The van der Waals surface area contributed by atoms with E-state index in [1.807, 2.05) is 24.3 Å². The molecule has 2 heterocycles. The summed E-state index contributed by atoms with van der Waals surface area (Å²) < 4.78 is 18.2. The van der Waals surface area contributed by atoms with Gasteiger partial charge in [-0.15, -0.1) is 0 Å². The van der Waals surface area contributed by atoms with Crippen molar-refractivity contribution in [3.05, 3.63) is 48.2 Å². The van der Waals surface area contributed by atoms with Gasteiger partial charge < -0.3 is 25.1 Å². The summed E-state index contributed by atoms with van der Waals surface area (Å²) in [5, 5.41) is 9.59.